The van der Waals surface area contributed by atoms with E-state index in [9.17, 15) is 9.59 Å². The molecule has 0 radical (unpaired) electrons. The third kappa shape index (κ3) is 2.87. The SMILES string of the molecule is CC(C)c1ccc(NC(=O)[C@@H](C)N2C(=O)c3cccc4cccc2c34)cc1. The van der Waals surface area contributed by atoms with Crippen LogP contribution in [0.3, 0.4) is 0 Å². The molecule has 0 saturated carbocycles. The van der Waals surface area contributed by atoms with E-state index in [0.29, 0.717) is 11.5 Å². The van der Waals surface area contributed by atoms with E-state index < -0.39 is 6.04 Å². The van der Waals surface area contributed by atoms with E-state index in [1.54, 1.807) is 11.8 Å². The van der Waals surface area contributed by atoms with Crippen molar-refractivity contribution < 1.29 is 9.59 Å². The predicted octanol–water partition coefficient (Wildman–Crippen LogP) is 4.95. The molecule has 136 valence electrons. The maximum absolute atomic E-state index is 12.9. The van der Waals surface area contributed by atoms with Gasteiger partial charge in [0.2, 0.25) is 5.91 Å². The molecule has 0 bridgehead atoms. The highest BCUT2D eigenvalue weighted by molar-refractivity contribution is 6.26. The second kappa shape index (κ2) is 6.54. The minimum Gasteiger partial charge on any atom is -0.324 e. The summed E-state index contributed by atoms with van der Waals surface area (Å²) < 4.78 is 0. The van der Waals surface area contributed by atoms with Gasteiger partial charge in [0.05, 0.1) is 5.69 Å². The topological polar surface area (TPSA) is 49.4 Å². The second-order valence-corrected chi connectivity index (χ2v) is 7.30. The molecule has 3 aromatic carbocycles. The van der Waals surface area contributed by atoms with Gasteiger partial charge in [-0.05, 0) is 48.1 Å². The van der Waals surface area contributed by atoms with Gasteiger partial charge >= 0.3 is 0 Å². The summed E-state index contributed by atoms with van der Waals surface area (Å²) in [4.78, 5) is 27.4. The zero-order chi connectivity index (χ0) is 19.1. The van der Waals surface area contributed by atoms with Crippen molar-refractivity contribution in [2.75, 3.05) is 10.2 Å². The van der Waals surface area contributed by atoms with Crippen molar-refractivity contribution >= 4 is 34.0 Å². The number of carbonyl (C=O) groups is 2. The average Bonchev–Trinajstić information content (AvgIpc) is 2.96. The third-order valence-corrected chi connectivity index (χ3v) is 5.20. The molecule has 0 aromatic heterocycles. The number of anilines is 2. The Kier molecular flexibility index (Phi) is 4.19. The molecule has 4 rings (SSSR count). The van der Waals surface area contributed by atoms with E-state index in [2.05, 4.69) is 19.2 Å². The Balaban J connectivity index is 1.60. The molecule has 2 amide bonds. The Hall–Kier alpha value is -3.14. The van der Waals surface area contributed by atoms with E-state index in [-0.39, 0.29) is 11.8 Å². The first kappa shape index (κ1) is 17.3. The Labute approximate surface area is 158 Å². The molecule has 1 aliphatic heterocycles. The molecular weight excluding hydrogens is 336 g/mol. The first-order valence-electron chi connectivity index (χ1n) is 9.23. The van der Waals surface area contributed by atoms with Gasteiger partial charge < -0.3 is 5.32 Å². The largest absolute Gasteiger partial charge is 0.324 e. The van der Waals surface area contributed by atoms with Gasteiger partial charge in [-0.15, -0.1) is 0 Å². The molecule has 1 heterocycles. The molecule has 1 atom stereocenters. The standard InChI is InChI=1S/C23H22N2O2/c1-14(2)16-10-12-18(13-11-16)24-22(26)15(3)25-20-9-5-7-17-6-4-8-19(21(17)20)23(25)27/h4-15H,1-3H3,(H,24,26)/t15-/m1/s1. The zero-order valence-corrected chi connectivity index (χ0v) is 15.7. The fraction of sp³-hybridized carbons (Fsp3) is 0.217. The summed E-state index contributed by atoms with van der Waals surface area (Å²) in [7, 11) is 0. The molecule has 0 saturated heterocycles. The molecule has 0 spiro atoms. The van der Waals surface area contributed by atoms with E-state index in [1.807, 2.05) is 60.7 Å². The summed E-state index contributed by atoms with van der Waals surface area (Å²) in [5.41, 5.74) is 3.41. The summed E-state index contributed by atoms with van der Waals surface area (Å²) in [5, 5.41) is 4.87. The number of benzene rings is 3. The fourth-order valence-electron chi connectivity index (χ4n) is 3.64. The maximum Gasteiger partial charge on any atom is 0.259 e. The van der Waals surface area contributed by atoms with Crippen molar-refractivity contribution in [3.63, 3.8) is 0 Å². The van der Waals surface area contributed by atoms with Gasteiger partial charge in [-0.3, -0.25) is 14.5 Å². The molecule has 4 heteroatoms. The number of hydrogen-bond acceptors (Lipinski definition) is 2. The Morgan fingerprint density at radius 3 is 2.26 bits per heavy atom. The zero-order valence-electron chi connectivity index (χ0n) is 15.7. The number of nitrogens with one attached hydrogen (secondary N) is 1. The first-order valence-corrected chi connectivity index (χ1v) is 9.23. The number of hydrogen-bond donors (Lipinski definition) is 1. The van der Waals surface area contributed by atoms with Crippen molar-refractivity contribution in [3.8, 4) is 0 Å². The molecule has 0 unspecified atom stereocenters. The van der Waals surface area contributed by atoms with E-state index >= 15 is 0 Å². The molecule has 4 nitrogen and oxygen atoms in total. The van der Waals surface area contributed by atoms with Gasteiger partial charge in [-0.1, -0.05) is 50.2 Å². The van der Waals surface area contributed by atoms with Crippen LogP contribution < -0.4 is 10.2 Å². The molecule has 27 heavy (non-hydrogen) atoms. The normalized spacial score (nSPS) is 14.1. The fourth-order valence-corrected chi connectivity index (χ4v) is 3.64. The minimum atomic E-state index is -0.611. The smallest absolute Gasteiger partial charge is 0.259 e. The highest BCUT2D eigenvalue weighted by Gasteiger charge is 2.35. The summed E-state index contributed by atoms with van der Waals surface area (Å²) in [6.07, 6.45) is 0. The van der Waals surface area contributed by atoms with Crippen LogP contribution in [0.1, 0.15) is 42.6 Å². The van der Waals surface area contributed by atoms with Crippen LogP contribution in [0, 0.1) is 0 Å². The van der Waals surface area contributed by atoms with Crippen molar-refractivity contribution in [3.05, 3.63) is 71.8 Å². The lowest BCUT2D eigenvalue weighted by molar-refractivity contribution is -0.117. The van der Waals surface area contributed by atoms with Crippen molar-refractivity contribution in [2.24, 2.45) is 0 Å². The third-order valence-electron chi connectivity index (χ3n) is 5.20. The van der Waals surface area contributed by atoms with Crippen LogP contribution >= 0.6 is 0 Å². The van der Waals surface area contributed by atoms with Crippen LogP contribution in [0.15, 0.2) is 60.7 Å². The molecular formula is C23H22N2O2. The Morgan fingerprint density at radius 1 is 0.926 bits per heavy atom. The van der Waals surface area contributed by atoms with Crippen LogP contribution in [0.5, 0.6) is 0 Å². The lowest BCUT2D eigenvalue weighted by Gasteiger charge is -2.25. The van der Waals surface area contributed by atoms with Gasteiger partial charge in [-0.25, -0.2) is 0 Å². The van der Waals surface area contributed by atoms with Crippen LogP contribution in [0.2, 0.25) is 0 Å². The van der Waals surface area contributed by atoms with Crippen molar-refractivity contribution in [2.45, 2.75) is 32.7 Å². The number of carbonyl (C=O) groups excluding carboxylic acids is 2. The monoisotopic (exact) mass is 358 g/mol. The van der Waals surface area contributed by atoms with Crippen LogP contribution in [0.25, 0.3) is 10.8 Å². The van der Waals surface area contributed by atoms with Crippen molar-refractivity contribution in [1.29, 1.82) is 0 Å². The van der Waals surface area contributed by atoms with E-state index in [4.69, 9.17) is 0 Å². The van der Waals surface area contributed by atoms with Crippen LogP contribution in [-0.2, 0) is 4.79 Å². The van der Waals surface area contributed by atoms with Crippen LogP contribution in [0.4, 0.5) is 11.4 Å². The highest BCUT2D eigenvalue weighted by Crippen LogP contribution is 2.38. The Bertz CT molecular complexity index is 1030. The summed E-state index contributed by atoms with van der Waals surface area (Å²) in [6.45, 7) is 6.03. The minimum absolute atomic E-state index is 0.125. The quantitative estimate of drug-likeness (QED) is 0.717. The number of rotatable bonds is 4. The maximum atomic E-state index is 12.9. The lowest BCUT2D eigenvalue weighted by Crippen LogP contribution is -2.44. The number of nitrogens with zero attached hydrogens (tertiary/aromatic N) is 1. The predicted molar refractivity (Wildman–Crippen MR) is 109 cm³/mol. The van der Waals surface area contributed by atoms with E-state index in [0.717, 1.165) is 22.1 Å². The molecule has 3 aromatic rings. The van der Waals surface area contributed by atoms with Gasteiger partial charge in [0.15, 0.2) is 0 Å². The lowest BCUT2D eigenvalue weighted by atomic mass is 10.0. The highest BCUT2D eigenvalue weighted by atomic mass is 16.2. The number of amides is 2. The molecule has 1 N–H and O–H groups in total. The molecule has 1 aliphatic rings. The van der Waals surface area contributed by atoms with Gasteiger partial charge in [0.25, 0.3) is 5.91 Å². The molecule has 0 aliphatic carbocycles. The first-order chi connectivity index (χ1) is 13.0. The molecule has 0 fully saturated rings. The summed E-state index contributed by atoms with van der Waals surface area (Å²) in [6, 6.07) is 18.7. The summed E-state index contributed by atoms with van der Waals surface area (Å²) >= 11 is 0. The van der Waals surface area contributed by atoms with Gasteiger partial charge in [0, 0.05) is 16.6 Å². The van der Waals surface area contributed by atoms with E-state index in [1.165, 1.54) is 5.56 Å². The Morgan fingerprint density at radius 2 is 1.59 bits per heavy atom. The van der Waals surface area contributed by atoms with Gasteiger partial charge in [-0.2, -0.15) is 0 Å². The van der Waals surface area contributed by atoms with Crippen LogP contribution in [-0.4, -0.2) is 17.9 Å². The second-order valence-electron chi connectivity index (χ2n) is 7.30. The van der Waals surface area contributed by atoms with Crippen molar-refractivity contribution in [1.82, 2.24) is 0 Å². The van der Waals surface area contributed by atoms with Gasteiger partial charge in [0.1, 0.15) is 6.04 Å². The summed E-state index contributed by atoms with van der Waals surface area (Å²) in [5.74, 6) is 0.111. The average molecular weight is 358 g/mol.